The number of aromatic nitrogens is 4. The largest absolute Gasteiger partial charge is 0.333 e. The van der Waals surface area contributed by atoms with E-state index in [9.17, 15) is 0 Å². The van der Waals surface area contributed by atoms with Gasteiger partial charge in [-0.25, -0.2) is 9.97 Å². The van der Waals surface area contributed by atoms with Crippen molar-refractivity contribution in [2.24, 2.45) is 0 Å². The van der Waals surface area contributed by atoms with Crippen LogP contribution in [0.2, 0.25) is 0 Å². The topological polar surface area (TPSA) is 35.6 Å². The second-order valence-electron chi connectivity index (χ2n) is 6.32. The highest BCUT2D eigenvalue weighted by molar-refractivity contribution is 7.99. The Labute approximate surface area is 154 Å². The minimum absolute atomic E-state index is 0.549. The third-order valence-corrected chi connectivity index (χ3v) is 5.43. The minimum Gasteiger partial charge on any atom is -0.333 e. The first kappa shape index (κ1) is 17.8. The van der Waals surface area contributed by atoms with Gasteiger partial charge in [-0.1, -0.05) is 44.2 Å². The number of hydrogen-bond donors (Lipinski definition) is 0. The summed E-state index contributed by atoms with van der Waals surface area (Å²) in [6.07, 6.45) is 10.2. The van der Waals surface area contributed by atoms with Gasteiger partial charge >= 0.3 is 0 Å². The van der Waals surface area contributed by atoms with Gasteiger partial charge in [0.05, 0.1) is 18.6 Å². The van der Waals surface area contributed by atoms with E-state index in [-0.39, 0.29) is 0 Å². The molecule has 0 unspecified atom stereocenters. The average Bonchev–Trinajstić information content (AvgIpc) is 3.24. The summed E-state index contributed by atoms with van der Waals surface area (Å²) in [5.41, 5.74) is 3.57. The maximum Gasteiger partial charge on any atom is 0.128 e. The number of imidazole rings is 2. The monoisotopic (exact) mass is 354 g/mol. The SMILES string of the molecule is CCCn1ccnc1Cn1cnc(-c2ccccc2)c1C[C@H](C)SC. The summed E-state index contributed by atoms with van der Waals surface area (Å²) in [6.45, 7) is 6.24. The summed E-state index contributed by atoms with van der Waals surface area (Å²) in [4.78, 5) is 9.31. The van der Waals surface area contributed by atoms with Crippen molar-refractivity contribution >= 4 is 11.8 Å². The van der Waals surface area contributed by atoms with Crippen LogP contribution in [0.3, 0.4) is 0 Å². The van der Waals surface area contributed by atoms with Gasteiger partial charge in [-0.2, -0.15) is 11.8 Å². The smallest absolute Gasteiger partial charge is 0.128 e. The third-order valence-electron chi connectivity index (χ3n) is 4.45. The summed E-state index contributed by atoms with van der Waals surface area (Å²) < 4.78 is 4.51. The van der Waals surface area contributed by atoms with Crippen LogP contribution in [0.15, 0.2) is 49.1 Å². The van der Waals surface area contributed by atoms with Gasteiger partial charge in [0.1, 0.15) is 5.82 Å². The first-order valence-electron chi connectivity index (χ1n) is 8.85. The van der Waals surface area contributed by atoms with Gasteiger partial charge in [-0.15, -0.1) is 0 Å². The molecule has 3 rings (SSSR count). The van der Waals surface area contributed by atoms with E-state index in [0.29, 0.717) is 5.25 Å². The normalized spacial score (nSPS) is 12.4. The van der Waals surface area contributed by atoms with Crippen LogP contribution in [0.5, 0.6) is 0 Å². The van der Waals surface area contributed by atoms with Crippen molar-refractivity contribution in [3.63, 3.8) is 0 Å². The van der Waals surface area contributed by atoms with E-state index in [1.54, 1.807) is 0 Å². The zero-order valence-electron chi connectivity index (χ0n) is 15.2. The van der Waals surface area contributed by atoms with Gasteiger partial charge in [0, 0.05) is 41.9 Å². The predicted octanol–water partition coefficient (Wildman–Crippen LogP) is 4.50. The van der Waals surface area contributed by atoms with Crippen LogP contribution in [-0.2, 0) is 19.5 Å². The first-order chi connectivity index (χ1) is 12.2. The summed E-state index contributed by atoms with van der Waals surface area (Å²) in [6, 6.07) is 10.5. The Morgan fingerprint density at radius 1 is 1.12 bits per heavy atom. The zero-order valence-corrected chi connectivity index (χ0v) is 16.0. The molecular weight excluding hydrogens is 328 g/mol. The lowest BCUT2D eigenvalue weighted by atomic mass is 10.1. The molecule has 25 heavy (non-hydrogen) atoms. The first-order valence-corrected chi connectivity index (χ1v) is 10.1. The van der Waals surface area contributed by atoms with Gasteiger partial charge in [0.15, 0.2) is 0 Å². The van der Waals surface area contributed by atoms with Gasteiger partial charge < -0.3 is 9.13 Å². The molecule has 0 fully saturated rings. The predicted molar refractivity (Wildman–Crippen MR) is 106 cm³/mol. The fraction of sp³-hybridized carbons (Fsp3) is 0.400. The highest BCUT2D eigenvalue weighted by Crippen LogP contribution is 2.26. The number of aryl methyl sites for hydroxylation is 1. The molecule has 2 aromatic heterocycles. The van der Waals surface area contributed by atoms with Crippen LogP contribution in [0.4, 0.5) is 0 Å². The molecule has 0 aliphatic heterocycles. The fourth-order valence-corrected chi connectivity index (χ4v) is 3.36. The summed E-state index contributed by atoms with van der Waals surface area (Å²) in [7, 11) is 0. The molecule has 2 heterocycles. The molecule has 0 saturated carbocycles. The van der Waals surface area contributed by atoms with E-state index in [1.807, 2.05) is 30.4 Å². The molecule has 132 valence electrons. The van der Waals surface area contributed by atoms with Crippen LogP contribution < -0.4 is 0 Å². The molecule has 3 aromatic rings. The Hall–Kier alpha value is -2.01. The van der Waals surface area contributed by atoms with E-state index in [2.05, 4.69) is 64.7 Å². The molecule has 0 N–H and O–H groups in total. The molecule has 0 amide bonds. The highest BCUT2D eigenvalue weighted by Gasteiger charge is 2.16. The lowest BCUT2D eigenvalue weighted by molar-refractivity contribution is 0.602. The molecule has 1 atom stereocenters. The molecule has 0 bridgehead atoms. The minimum atomic E-state index is 0.549. The summed E-state index contributed by atoms with van der Waals surface area (Å²) in [5, 5.41) is 0.549. The molecule has 0 saturated heterocycles. The zero-order chi connectivity index (χ0) is 17.6. The Balaban J connectivity index is 1.95. The van der Waals surface area contributed by atoms with E-state index >= 15 is 0 Å². The quantitative estimate of drug-likeness (QED) is 0.597. The van der Waals surface area contributed by atoms with E-state index < -0.39 is 0 Å². The van der Waals surface area contributed by atoms with Crippen molar-refractivity contribution in [3.05, 3.63) is 60.6 Å². The van der Waals surface area contributed by atoms with Crippen molar-refractivity contribution < 1.29 is 0 Å². The maximum atomic E-state index is 4.75. The van der Waals surface area contributed by atoms with Crippen LogP contribution >= 0.6 is 11.8 Å². The Kier molecular flexibility index (Phi) is 5.97. The van der Waals surface area contributed by atoms with Gasteiger partial charge in [-0.3, -0.25) is 0 Å². The van der Waals surface area contributed by atoms with Gasteiger partial charge in [0.2, 0.25) is 0 Å². The maximum absolute atomic E-state index is 4.75. The van der Waals surface area contributed by atoms with Gasteiger partial charge in [-0.05, 0) is 12.7 Å². The summed E-state index contributed by atoms with van der Waals surface area (Å²) in [5.74, 6) is 1.09. The lowest BCUT2D eigenvalue weighted by Crippen LogP contribution is -2.13. The van der Waals surface area contributed by atoms with Crippen molar-refractivity contribution in [2.45, 2.75) is 45.0 Å². The van der Waals surface area contributed by atoms with Crippen molar-refractivity contribution in [3.8, 4) is 11.3 Å². The average molecular weight is 355 g/mol. The molecule has 0 aliphatic carbocycles. The van der Waals surface area contributed by atoms with Crippen molar-refractivity contribution in [2.75, 3.05) is 6.26 Å². The molecular formula is C20H26N4S. The highest BCUT2D eigenvalue weighted by atomic mass is 32.2. The Morgan fingerprint density at radius 3 is 2.64 bits per heavy atom. The van der Waals surface area contributed by atoms with Crippen LogP contribution in [-0.4, -0.2) is 30.6 Å². The Bertz CT molecular complexity index is 791. The van der Waals surface area contributed by atoms with E-state index in [4.69, 9.17) is 4.98 Å². The van der Waals surface area contributed by atoms with E-state index in [1.165, 1.54) is 11.3 Å². The van der Waals surface area contributed by atoms with Crippen LogP contribution in [0.25, 0.3) is 11.3 Å². The molecule has 0 spiro atoms. The van der Waals surface area contributed by atoms with Crippen LogP contribution in [0, 0.1) is 0 Å². The number of hydrogen-bond acceptors (Lipinski definition) is 3. The van der Waals surface area contributed by atoms with Crippen molar-refractivity contribution in [1.82, 2.24) is 19.1 Å². The van der Waals surface area contributed by atoms with Crippen LogP contribution in [0.1, 0.15) is 31.8 Å². The molecule has 5 heteroatoms. The number of thioether (sulfide) groups is 1. The summed E-state index contributed by atoms with van der Waals surface area (Å²) >= 11 is 1.89. The second-order valence-corrected chi connectivity index (χ2v) is 7.60. The fourth-order valence-electron chi connectivity index (χ4n) is 3.04. The second kappa shape index (κ2) is 8.39. The van der Waals surface area contributed by atoms with Gasteiger partial charge in [0.25, 0.3) is 0 Å². The molecule has 4 nitrogen and oxygen atoms in total. The van der Waals surface area contributed by atoms with Crippen molar-refractivity contribution in [1.29, 1.82) is 0 Å². The third kappa shape index (κ3) is 4.15. The number of benzene rings is 1. The standard InChI is InChI=1S/C20H26N4S/c1-4-11-23-12-10-21-19(23)14-24-15-22-20(17-8-6-5-7-9-17)18(24)13-16(2)25-3/h5-10,12,15-16H,4,11,13-14H2,1-3H3/t16-/m0/s1. The van der Waals surface area contributed by atoms with E-state index in [0.717, 1.165) is 37.4 Å². The molecule has 0 aliphatic rings. The number of rotatable bonds is 8. The Morgan fingerprint density at radius 2 is 1.92 bits per heavy atom. The molecule has 1 aromatic carbocycles. The number of nitrogens with zero attached hydrogens (tertiary/aromatic N) is 4. The lowest BCUT2D eigenvalue weighted by Gasteiger charge is -2.14. The molecule has 0 radical (unpaired) electrons.